The van der Waals surface area contributed by atoms with Crippen LogP contribution in [-0.2, 0) is 30.5 Å². The minimum atomic E-state index is -1.20. The van der Waals surface area contributed by atoms with E-state index in [1.54, 1.807) is 24.3 Å². The van der Waals surface area contributed by atoms with Gasteiger partial charge < -0.3 is 35.9 Å². The minimum Gasteiger partial charge on any atom is -0.445 e. The Labute approximate surface area is 241 Å². The van der Waals surface area contributed by atoms with Crippen LogP contribution in [-0.4, -0.2) is 66.2 Å². The molecule has 13 nitrogen and oxygen atoms in total. The molecule has 1 unspecified atom stereocenters. The van der Waals surface area contributed by atoms with Gasteiger partial charge in [0.25, 0.3) is 0 Å². The third kappa shape index (κ3) is 15.7. The summed E-state index contributed by atoms with van der Waals surface area (Å²) in [4.78, 5) is 61.1. The Balaban J connectivity index is 2.78. The Morgan fingerprint density at radius 1 is 0.951 bits per heavy atom. The van der Waals surface area contributed by atoms with Gasteiger partial charge in [-0.2, -0.15) is 0 Å². The average Bonchev–Trinajstić information content (AvgIpc) is 2.90. The van der Waals surface area contributed by atoms with Crippen LogP contribution in [0.2, 0.25) is 0 Å². The number of nitrogens with one attached hydrogen (secondary N) is 5. The second kappa shape index (κ2) is 19.5. The molecular formula is C28H46N6O7. The number of benzene rings is 1. The zero-order valence-corrected chi connectivity index (χ0v) is 24.5. The van der Waals surface area contributed by atoms with Gasteiger partial charge in [-0.3, -0.25) is 25.4 Å². The van der Waals surface area contributed by atoms with Crippen LogP contribution in [0.4, 0.5) is 10.5 Å². The quantitative estimate of drug-likeness (QED) is 0.0932. The van der Waals surface area contributed by atoms with E-state index in [2.05, 4.69) is 26.6 Å². The van der Waals surface area contributed by atoms with Crippen LogP contribution in [0.25, 0.3) is 0 Å². The summed E-state index contributed by atoms with van der Waals surface area (Å²) in [7, 11) is 0. The van der Waals surface area contributed by atoms with Gasteiger partial charge in [-0.25, -0.2) is 4.79 Å². The number of aliphatic hydroxyl groups excluding tert-OH is 1. The zero-order valence-electron chi connectivity index (χ0n) is 24.5. The molecule has 0 spiro atoms. The predicted molar refractivity (Wildman–Crippen MR) is 154 cm³/mol. The zero-order chi connectivity index (χ0) is 30.8. The molecule has 41 heavy (non-hydrogen) atoms. The Hall–Kier alpha value is -3.55. The molecule has 0 saturated heterocycles. The van der Waals surface area contributed by atoms with Gasteiger partial charge in [0.05, 0.1) is 0 Å². The molecule has 230 valence electrons. The van der Waals surface area contributed by atoms with Crippen molar-refractivity contribution in [2.45, 2.75) is 91.3 Å². The van der Waals surface area contributed by atoms with E-state index >= 15 is 0 Å². The highest BCUT2D eigenvalue weighted by Gasteiger charge is 2.28. The van der Waals surface area contributed by atoms with Crippen LogP contribution in [0.5, 0.6) is 0 Å². The summed E-state index contributed by atoms with van der Waals surface area (Å²) in [6.45, 7) is 7.65. The maximum absolute atomic E-state index is 13.2. The summed E-state index contributed by atoms with van der Waals surface area (Å²) >= 11 is 0. The lowest BCUT2D eigenvalue weighted by Gasteiger charge is -2.25. The monoisotopic (exact) mass is 578 g/mol. The van der Waals surface area contributed by atoms with Crippen LogP contribution in [0.15, 0.2) is 24.3 Å². The molecule has 1 rings (SSSR count). The summed E-state index contributed by atoms with van der Waals surface area (Å²) < 4.78 is 5.16. The van der Waals surface area contributed by atoms with Gasteiger partial charge >= 0.3 is 6.09 Å². The van der Waals surface area contributed by atoms with Crippen LogP contribution in [0.3, 0.4) is 0 Å². The van der Waals surface area contributed by atoms with E-state index in [0.717, 1.165) is 0 Å². The number of carbonyl (C=O) groups excluding carboxylic acids is 5. The molecule has 0 bridgehead atoms. The lowest BCUT2D eigenvalue weighted by Crippen LogP contribution is -2.54. The SMILES string of the molecule is CCCC(=O)N[C@H](C(=O)N[C@@H](CCCNC(N)O)C(=O)Nc1ccc(COC(=O)NCCCC(C)=O)cc1)C(C)C. The number of hydrogen-bond donors (Lipinski definition) is 7. The Bertz CT molecular complexity index is 985. The van der Waals surface area contributed by atoms with E-state index in [1.807, 2.05) is 20.8 Å². The maximum Gasteiger partial charge on any atom is 0.407 e. The Morgan fingerprint density at radius 3 is 2.22 bits per heavy atom. The van der Waals surface area contributed by atoms with Gasteiger partial charge in [-0.1, -0.05) is 32.9 Å². The molecule has 0 heterocycles. The van der Waals surface area contributed by atoms with E-state index < -0.39 is 36.3 Å². The summed E-state index contributed by atoms with van der Waals surface area (Å²) in [5, 5.41) is 22.7. The molecule has 0 aliphatic heterocycles. The van der Waals surface area contributed by atoms with Crippen LogP contribution < -0.4 is 32.3 Å². The molecule has 0 saturated carbocycles. The highest BCUT2D eigenvalue weighted by molar-refractivity contribution is 5.98. The number of aliphatic hydroxyl groups is 1. The van der Waals surface area contributed by atoms with E-state index in [-0.39, 0.29) is 30.6 Å². The second-order valence-electron chi connectivity index (χ2n) is 10.1. The van der Waals surface area contributed by atoms with Crippen molar-refractivity contribution in [3.8, 4) is 0 Å². The first kappa shape index (κ1) is 35.5. The average molecular weight is 579 g/mol. The molecule has 3 atom stereocenters. The number of rotatable bonds is 19. The number of nitrogens with two attached hydrogens (primary N) is 1. The molecule has 0 aliphatic carbocycles. The third-order valence-corrected chi connectivity index (χ3v) is 5.97. The fourth-order valence-electron chi connectivity index (χ4n) is 3.74. The van der Waals surface area contributed by atoms with Gasteiger partial charge in [0.15, 0.2) is 6.35 Å². The van der Waals surface area contributed by atoms with E-state index in [9.17, 15) is 29.1 Å². The Morgan fingerprint density at radius 2 is 1.63 bits per heavy atom. The molecule has 0 fully saturated rings. The van der Waals surface area contributed by atoms with Crippen molar-refractivity contribution in [2.24, 2.45) is 11.7 Å². The molecule has 0 aromatic heterocycles. The highest BCUT2D eigenvalue weighted by atomic mass is 16.5. The largest absolute Gasteiger partial charge is 0.445 e. The number of alkyl carbamates (subject to hydrolysis) is 1. The standard InChI is InChI=1S/C28H46N6O7/c1-5-8-23(36)34-24(18(2)3)26(38)33-22(10-7-15-30-27(29)39)25(37)32-21-13-11-20(12-14-21)17-41-28(40)31-16-6-9-19(4)35/h11-14,18,22,24,27,30,39H,5-10,15-17,29H2,1-4H3,(H,31,40)(H,32,37)(H,33,38)(H,34,36)/t22-,24-,27?/m0/s1. The highest BCUT2D eigenvalue weighted by Crippen LogP contribution is 2.13. The summed E-state index contributed by atoms with van der Waals surface area (Å²) in [5.74, 6) is -1.31. The predicted octanol–water partition coefficient (Wildman–Crippen LogP) is 1.25. The number of hydrogen-bond acceptors (Lipinski definition) is 9. The third-order valence-electron chi connectivity index (χ3n) is 5.97. The van der Waals surface area contributed by atoms with Crippen molar-refractivity contribution in [3.63, 3.8) is 0 Å². The number of anilines is 1. The first-order valence-corrected chi connectivity index (χ1v) is 14.0. The second-order valence-corrected chi connectivity index (χ2v) is 10.1. The van der Waals surface area contributed by atoms with E-state index in [1.165, 1.54) is 6.92 Å². The molecule has 0 radical (unpaired) electrons. The summed E-state index contributed by atoms with van der Waals surface area (Å²) in [5.41, 5.74) is 6.46. The van der Waals surface area contributed by atoms with Crippen molar-refractivity contribution >= 4 is 35.3 Å². The van der Waals surface area contributed by atoms with E-state index in [0.29, 0.717) is 56.4 Å². The van der Waals surface area contributed by atoms with Gasteiger partial charge in [0, 0.05) is 25.1 Å². The maximum atomic E-state index is 13.2. The Kier molecular flexibility index (Phi) is 16.9. The van der Waals surface area contributed by atoms with Crippen molar-refractivity contribution in [2.75, 3.05) is 18.4 Å². The molecule has 0 aliphatic rings. The number of Topliss-reactive ketones (excluding diaryl/α,β-unsaturated/α-hetero) is 1. The van der Waals surface area contributed by atoms with Gasteiger partial charge in [-0.15, -0.1) is 0 Å². The number of ether oxygens (including phenoxy) is 1. The van der Waals surface area contributed by atoms with Crippen molar-refractivity contribution < 1.29 is 33.8 Å². The van der Waals surface area contributed by atoms with Crippen LogP contribution in [0.1, 0.15) is 71.8 Å². The van der Waals surface area contributed by atoms with Crippen LogP contribution in [0, 0.1) is 5.92 Å². The van der Waals surface area contributed by atoms with Crippen LogP contribution >= 0.6 is 0 Å². The fraction of sp³-hybridized carbons (Fsp3) is 0.607. The first-order valence-electron chi connectivity index (χ1n) is 14.0. The normalized spacial score (nSPS) is 13.0. The van der Waals surface area contributed by atoms with Crippen molar-refractivity contribution in [1.82, 2.24) is 21.3 Å². The molecule has 13 heteroatoms. The van der Waals surface area contributed by atoms with Gasteiger partial charge in [-0.05, 0) is 62.8 Å². The fourth-order valence-corrected chi connectivity index (χ4v) is 3.74. The van der Waals surface area contributed by atoms with Crippen molar-refractivity contribution in [1.29, 1.82) is 0 Å². The van der Waals surface area contributed by atoms with Gasteiger partial charge in [0.2, 0.25) is 17.7 Å². The lowest BCUT2D eigenvalue weighted by molar-refractivity contribution is -0.132. The smallest absolute Gasteiger partial charge is 0.407 e. The number of carbonyl (C=O) groups is 5. The minimum absolute atomic E-state index is 0.0196. The lowest BCUT2D eigenvalue weighted by atomic mass is 10.0. The van der Waals surface area contributed by atoms with Crippen molar-refractivity contribution in [3.05, 3.63) is 29.8 Å². The van der Waals surface area contributed by atoms with Gasteiger partial charge in [0.1, 0.15) is 24.5 Å². The summed E-state index contributed by atoms with van der Waals surface area (Å²) in [6.07, 6.45) is 0.746. The number of ketones is 1. The molecule has 4 amide bonds. The number of amides is 4. The topological polar surface area (TPSA) is 201 Å². The molecule has 1 aromatic rings. The molecular weight excluding hydrogens is 532 g/mol. The molecule has 8 N–H and O–H groups in total. The van der Waals surface area contributed by atoms with E-state index in [4.69, 9.17) is 10.5 Å². The first-order chi connectivity index (χ1) is 19.4. The summed E-state index contributed by atoms with van der Waals surface area (Å²) in [6, 6.07) is 4.95. The molecule has 1 aromatic carbocycles.